The molecule has 1 heterocycles. The Kier molecular flexibility index (Phi) is 6.21. The average molecular weight is 289 g/mol. The van der Waals surface area contributed by atoms with Crippen molar-refractivity contribution in [1.82, 2.24) is 15.5 Å². The maximum Gasteiger partial charge on any atom is 0.220 e. The van der Waals surface area contributed by atoms with E-state index in [9.17, 15) is 4.79 Å². The lowest BCUT2D eigenvalue weighted by Gasteiger charge is -2.25. The molecule has 2 N–H and O–H groups in total. The lowest BCUT2D eigenvalue weighted by atomic mass is 10.0. The summed E-state index contributed by atoms with van der Waals surface area (Å²) >= 11 is 0. The van der Waals surface area contributed by atoms with Crippen LogP contribution in [0.5, 0.6) is 0 Å². The van der Waals surface area contributed by atoms with Gasteiger partial charge in [0.1, 0.15) is 0 Å². The predicted octanol–water partition coefficient (Wildman–Crippen LogP) is 1.80. The van der Waals surface area contributed by atoms with Crippen LogP contribution in [0.25, 0.3) is 0 Å². The van der Waals surface area contributed by atoms with Gasteiger partial charge in [0.15, 0.2) is 0 Å². The minimum absolute atomic E-state index is 0.171. The van der Waals surface area contributed by atoms with Crippen LogP contribution in [0.2, 0.25) is 0 Å². The fourth-order valence-corrected chi connectivity index (χ4v) is 2.87. The van der Waals surface area contributed by atoms with Gasteiger partial charge in [0.2, 0.25) is 5.91 Å². The molecule has 4 nitrogen and oxygen atoms in total. The van der Waals surface area contributed by atoms with E-state index in [0.717, 1.165) is 19.5 Å². The maximum atomic E-state index is 12.0. The number of hydrogen-bond acceptors (Lipinski definition) is 3. The summed E-state index contributed by atoms with van der Waals surface area (Å²) in [6.07, 6.45) is 2.84. The largest absolute Gasteiger partial charge is 0.354 e. The molecule has 0 aromatic heterocycles. The molecular formula is C17H27N3O. The van der Waals surface area contributed by atoms with Crippen LogP contribution in [0, 0.1) is 5.92 Å². The Labute approximate surface area is 127 Å². The molecule has 0 spiro atoms. The normalized spacial score (nSPS) is 19.7. The molecule has 1 aliphatic rings. The van der Waals surface area contributed by atoms with E-state index >= 15 is 0 Å². The first-order valence-electron chi connectivity index (χ1n) is 7.85. The van der Waals surface area contributed by atoms with E-state index in [0.29, 0.717) is 18.9 Å². The zero-order valence-corrected chi connectivity index (χ0v) is 13.1. The fraction of sp³-hybridized carbons (Fsp3) is 0.588. The molecule has 2 rings (SSSR count). The minimum atomic E-state index is 0.171. The first-order chi connectivity index (χ1) is 10.2. The smallest absolute Gasteiger partial charge is 0.220 e. The van der Waals surface area contributed by atoms with Crippen LogP contribution in [0.15, 0.2) is 30.3 Å². The third-order valence-corrected chi connectivity index (χ3v) is 4.24. The van der Waals surface area contributed by atoms with Crippen molar-refractivity contribution in [3.05, 3.63) is 35.9 Å². The summed E-state index contributed by atoms with van der Waals surface area (Å²) in [6.45, 7) is 2.83. The Balaban J connectivity index is 1.77. The fourth-order valence-electron chi connectivity index (χ4n) is 2.87. The highest BCUT2D eigenvalue weighted by Crippen LogP contribution is 2.17. The molecule has 2 unspecified atom stereocenters. The van der Waals surface area contributed by atoms with E-state index in [1.807, 2.05) is 32.3 Å². The number of likely N-dealkylation sites (N-methyl/N-ethyl adjacent to an activating group) is 1. The summed E-state index contributed by atoms with van der Waals surface area (Å²) in [5.41, 5.74) is 1.24. The third-order valence-electron chi connectivity index (χ3n) is 4.24. The molecule has 116 valence electrons. The number of carbonyl (C=O) groups is 1. The number of nitrogens with zero attached hydrogens (tertiary/aromatic N) is 1. The molecule has 1 aliphatic heterocycles. The lowest BCUT2D eigenvalue weighted by molar-refractivity contribution is -0.121. The second-order valence-electron chi connectivity index (χ2n) is 6.09. The van der Waals surface area contributed by atoms with Crippen LogP contribution in [0.1, 0.15) is 30.9 Å². The van der Waals surface area contributed by atoms with Crippen molar-refractivity contribution in [3.8, 4) is 0 Å². The van der Waals surface area contributed by atoms with Crippen LogP contribution < -0.4 is 10.6 Å². The van der Waals surface area contributed by atoms with Gasteiger partial charge in [-0.1, -0.05) is 30.3 Å². The summed E-state index contributed by atoms with van der Waals surface area (Å²) in [4.78, 5) is 14.2. The van der Waals surface area contributed by atoms with E-state index in [4.69, 9.17) is 0 Å². The van der Waals surface area contributed by atoms with Crippen LogP contribution >= 0.6 is 0 Å². The van der Waals surface area contributed by atoms with Gasteiger partial charge >= 0.3 is 0 Å². The average Bonchev–Trinajstić information content (AvgIpc) is 2.99. The maximum absolute atomic E-state index is 12.0. The standard InChI is InChI=1S/C17H27N3O/c1-20(2)16(15-6-4-3-5-7-15)13-19-17(21)9-8-14-10-11-18-12-14/h3-7,14,16,18H,8-13H2,1-2H3,(H,19,21). The molecule has 2 atom stereocenters. The van der Waals surface area contributed by atoms with Crippen molar-refractivity contribution in [1.29, 1.82) is 0 Å². The topological polar surface area (TPSA) is 44.4 Å². The van der Waals surface area contributed by atoms with Crippen molar-refractivity contribution in [2.24, 2.45) is 5.92 Å². The summed E-state index contributed by atoms with van der Waals surface area (Å²) < 4.78 is 0. The van der Waals surface area contributed by atoms with Gasteiger partial charge < -0.3 is 15.5 Å². The molecule has 21 heavy (non-hydrogen) atoms. The number of carbonyl (C=O) groups excluding carboxylic acids is 1. The van der Waals surface area contributed by atoms with E-state index in [-0.39, 0.29) is 11.9 Å². The van der Waals surface area contributed by atoms with Crippen molar-refractivity contribution >= 4 is 5.91 Å². The van der Waals surface area contributed by atoms with Gasteiger partial charge in [0, 0.05) is 13.0 Å². The van der Waals surface area contributed by atoms with Gasteiger partial charge in [-0.15, -0.1) is 0 Å². The molecule has 1 saturated heterocycles. The summed E-state index contributed by atoms with van der Waals surface area (Å²) in [5.74, 6) is 0.846. The van der Waals surface area contributed by atoms with Crippen LogP contribution in [-0.2, 0) is 4.79 Å². The van der Waals surface area contributed by atoms with Crippen molar-refractivity contribution < 1.29 is 4.79 Å². The first kappa shape index (κ1) is 16.0. The number of rotatable bonds is 7. The summed E-state index contributed by atoms with van der Waals surface area (Å²) in [5, 5.41) is 6.43. The van der Waals surface area contributed by atoms with Gasteiger partial charge in [-0.3, -0.25) is 4.79 Å². The molecule has 1 aromatic carbocycles. The monoisotopic (exact) mass is 289 g/mol. The van der Waals surface area contributed by atoms with E-state index in [1.165, 1.54) is 12.0 Å². The molecule has 1 aromatic rings. The number of nitrogens with one attached hydrogen (secondary N) is 2. The van der Waals surface area contributed by atoms with Gasteiger partial charge in [0.25, 0.3) is 0 Å². The highest BCUT2D eigenvalue weighted by atomic mass is 16.1. The van der Waals surface area contributed by atoms with Crippen molar-refractivity contribution in [2.75, 3.05) is 33.7 Å². The number of benzene rings is 1. The zero-order valence-electron chi connectivity index (χ0n) is 13.1. The van der Waals surface area contributed by atoms with E-state index in [2.05, 4.69) is 27.7 Å². The molecule has 4 heteroatoms. The second kappa shape index (κ2) is 8.15. The van der Waals surface area contributed by atoms with Gasteiger partial charge in [0.05, 0.1) is 6.04 Å². The Morgan fingerprint density at radius 1 is 1.38 bits per heavy atom. The van der Waals surface area contributed by atoms with Crippen LogP contribution in [0.3, 0.4) is 0 Å². The van der Waals surface area contributed by atoms with Crippen molar-refractivity contribution in [2.45, 2.75) is 25.3 Å². The number of hydrogen-bond donors (Lipinski definition) is 2. The summed E-state index contributed by atoms with van der Waals surface area (Å²) in [6, 6.07) is 10.6. The van der Waals surface area contributed by atoms with Crippen LogP contribution in [-0.4, -0.2) is 44.5 Å². The van der Waals surface area contributed by atoms with Gasteiger partial charge in [-0.05, 0) is 51.5 Å². The highest BCUT2D eigenvalue weighted by Gasteiger charge is 2.17. The molecule has 1 fully saturated rings. The highest BCUT2D eigenvalue weighted by molar-refractivity contribution is 5.75. The SMILES string of the molecule is CN(C)C(CNC(=O)CCC1CCNC1)c1ccccc1. The third kappa shape index (κ3) is 5.14. The number of amides is 1. The molecule has 0 saturated carbocycles. The Hall–Kier alpha value is -1.39. The van der Waals surface area contributed by atoms with Crippen LogP contribution in [0.4, 0.5) is 0 Å². The molecule has 1 amide bonds. The van der Waals surface area contributed by atoms with E-state index < -0.39 is 0 Å². The van der Waals surface area contributed by atoms with Gasteiger partial charge in [-0.2, -0.15) is 0 Å². The Morgan fingerprint density at radius 2 is 2.14 bits per heavy atom. The predicted molar refractivity (Wildman–Crippen MR) is 86.1 cm³/mol. The quantitative estimate of drug-likeness (QED) is 0.804. The molecular weight excluding hydrogens is 262 g/mol. The molecule has 0 radical (unpaired) electrons. The van der Waals surface area contributed by atoms with Crippen molar-refractivity contribution in [3.63, 3.8) is 0 Å². The molecule has 0 aliphatic carbocycles. The molecule has 0 bridgehead atoms. The Bertz CT molecular complexity index is 427. The summed E-state index contributed by atoms with van der Waals surface area (Å²) in [7, 11) is 4.10. The zero-order chi connectivity index (χ0) is 15.1. The van der Waals surface area contributed by atoms with E-state index in [1.54, 1.807) is 0 Å². The Morgan fingerprint density at radius 3 is 2.76 bits per heavy atom. The van der Waals surface area contributed by atoms with Gasteiger partial charge in [-0.25, -0.2) is 0 Å². The second-order valence-corrected chi connectivity index (χ2v) is 6.09. The minimum Gasteiger partial charge on any atom is -0.354 e. The first-order valence-corrected chi connectivity index (χ1v) is 7.85. The lowest BCUT2D eigenvalue weighted by Crippen LogP contribution is -2.34.